The van der Waals surface area contributed by atoms with E-state index < -0.39 is 5.41 Å². The second-order valence-corrected chi connectivity index (χ2v) is 4.74. The molecule has 100 valence electrons. The van der Waals surface area contributed by atoms with E-state index in [1.165, 1.54) is 0 Å². The second-order valence-electron chi connectivity index (χ2n) is 4.74. The molecule has 0 saturated carbocycles. The Hall–Kier alpha value is -1.38. The van der Waals surface area contributed by atoms with Crippen molar-refractivity contribution in [2.45, 2.75) is 51.9 Å². The van der Waals surface area contributed by atoms with E-state index in [0.29, 0.717) is 0 Å². The summed E-state index contributed by atoms with van der Waals surface area (Å²) in [6.07, 6.45) is 3.40. The highest BCUT2D eigenvalue weighted by molar-refractivity contribution is 5.88. The first-order valence-corrected chi connectivity index (χ1v) is 6.51. The Morgan fingerprint density at radius 1 is 1.28 bits per heavy atom. The predicted octanol–water partition coefficient (Wildman–Crippen LogP) is 4.38. The summed E-state index contributed by atoms with van der Waals surface area (Å²) in [4.78, 5) is 15.9. The lowest BCUT2D eigenvalue weighted by atomic mass is 9.71. The molecule has 0 spiro atoms. The molecular weight excluding hydrogens is 231 g/mol. The molecule has 1 aromatic carbocycles. The first kappa shape index (κ1) is 14.7. The van der Waals surface area contributed by atoms with E-state index in [-0.39, 0.29) is 11.5 Å². The molecule has 0 radical (unpaired) electrons. The fourth-order valence-corrected chi connectivity index (χ4v) is 2.66. The summed E-state index contributed by atoms with van der Waals surface area (Å²) in [7, 11) is 0. The van der Waals surface area contributed by atoms with Crippen LogP contribution in [0.2, 0.25) is 0 Å². The summed E-state index contributed by atoms with van der Waals surface area (Å²) in [5.41, 5.74) is 0.353. The molecule has 0 aliphatic rings. The molecule has 1 rings (SSSR count). The molecule has 0 fully saturated rings. The third-order valence-corrected chi connectivity index (χ3v) is 3.50. The van der Waals surface area contributed by atoms with Crippen LogP contribution in [0.3, 0.4) is 0 Å². The van der Waals surface area contributed by atoms with Crippen molar-refractivity contribution in [3.8, 4) is 5.75 Å². The van der Waals surface area contributed by atoms with Gasteiger partial charge in [0.2, 0.25) is 0 Å². The van der Waals surface area contributed by atoms with Gasteiger partial charge in [0, 0.05) is 4.53 Å². The zero-order valence-corrected chi connectivity index (χ0v) is 11.3. The molecule has 0 aliphatic carbocycles. The first-order valence-electron chi connectivity index (χ1n) is 6.51. The van der Waals surface area contributed by atoms with E-state index in [1.54, 1.807) is 25.1 Å². The van der Waals surface area contributed by atoms with E-state index in [1.807, 2.05) is 6.07 Å². The summed E-state index contributed by atoms with van der Waals surface area (Å²) < 4.78 is 12.3. The predicted molar refractivity (Wildman–Crippen MR) is 70.4 cm³/mol. The average Bonchev–Trinajstić information content (AvgIpc) is 2.38. The fourth-order valence-electron chi connectivity index (χ4n) is 2.66. The number of halogens is 1. The largest absolute Gasteiger partial charge is 0.299 e. The molecule has 0 saturated heterocycles. The molecule has 0 aromatic heterocycles. The molecule has 0 aliphatic heterocycles. The molecule has 0 N–H and O–H groups in total. The summed E-state index contributed by atoms with van der Waals surface area (Å²) in [5.74, 6) is 0.299. The molecule has 0 heterocycles. The van der Waals surface area contributed by atoms with E-state index in [2.05, 4.69) is 18.8 Å². The van der Waals surface area contributed by atoms with Crippen LogP contribution in [0.1, 0.15) is 52.0 Å². The van der Waals surface area contributed by atoms with Crippen molar-refractivity contribution in [2.75, 3.05) is 0 Å². The lowest BCUT2D eigenvalue weighted by Crippen LogP contribution is -2.34. The Morgan fingerprint density at radius 3 is 2.33 bits per heavy atom. The highest BCUT2D eigenvalue weighted by atomic mass is 19.3. The molecule has 18 heavy (non-hydrogen) atoms. The quantitative estimate of drug-likeness (QED) is 0.720. The molecule has 0 unspecified atom stereocenters. The van der Waals surface area contributed by atoms with Crippen molar-refractivity contribution in [3.63, 3.8) is 0 Å². The molecule has 0 amide bonds. The number of Topliss-reactive ketones (excluding diaryl/α,β-unsaturated/α-hetero) is 1. The number of hydrogen-bond acceptors (Lipinski definition) is 2. The van der Waals surface area contributed by atoms with Crippen molar-refractivity contribution in [1.82, 2.24) is 0 Å². The van der Waals surface area contributed by atoms with Gasteiger partial charge in [-0.15, -0.1) is 0 Å². The monoisotopic (exact) mass is 252 g/mol. The van der Waals surface area contributed by atoms with E-state index >= 15 is 0 Å². The third kappa shape index (κ3) is 2.89. The van der Waals surface area contributed by atoms with Gasteiger partial charge in [-0.25, -0.2) is 0 Å². The Kier molecular flexibility index (Phi) is 5.32. The Labute approximate surface area is 108 Å². The minimum Gasteiger partial charge on any atom is -0.299 e. The van der Waals surface area contributed by atoms with Crippen LogP contribution < -0.4 is 4.94 Å². The van der Waals surface area contributed by atoms with Crippen molar-refractivity contribution in [1.29, 1.82) is 0 Å². The summed E-state index contributed by atoms with van der Waals surface area (Å²) in [6.45, 7) is 5.74. The van der Waals surface area contributed by atoms with Gasteiger partial charge in [0.25, 0.3) is 0 Å². The maximum atomic E-state index is 12.3. The third-order valence-electron chi connectivity index (χ3n) is 3.50. The topological polar surface area (TPSA) is 26.3 Å². The van der Waals surface area contributed by atoms with Crippen LogP contribution in [-0.2, 0) is 10.2 Å². The lowest BCUT2D eigenvalue weighted by molar-refractivity contribution is -0.123. The number of rotatable bonds is 7. The number of hydrogen-bond donors (Lipinski definition) is 0. The second kappa shape index (κ2) is 6.53. The maximum absolute atomic E-state index is 12.3. The van der Waals surface area contributed by atoms with E-state index in [4.69, 9.17) is 0 Å². The van der Waals surface area contributed by atoms with Crippen LogP contribution >= 0.6 is 0 Å². The molecule has 1 aromatic rings. The molecule has 2 nitrogen and oxygen atoms in total. The van der Waals surface area contributed by atoms with Crippen molar-refractivity contribution in [2.24, 2.45) is 0 Å². The first-order chi connectivity index (χ1) is 8.60. The van der Waals surface area contributed by atoms with Gasteiger partial charge in [0.1, 0.15) is 5.78 Å². The smallest absolute Gasteiger partial charge is 0.172 e. The van der Waals surface area contributed by atoms with Crippen molar-refractivity contribution >= 4 is 5.78 Å². The van der Waals surface area contributed by atoms with Crippen LogP contribution in [0.15, 0.2) is 24.3 Å². The van der Waals surface area contributed by atoms with Crippen LogP contribution in [0.25, 0.3) is 0 Å². The van der Waals surface area contributed by atoms with Gasteiger partial charge in [0.15, 0.2) is 5.75 Å². The summed E-state index contributed by atoms with van der Waals surface area (Å²) in [6, 6.07) is 6.79. The van der Waals surface area contributed by atoms with Gasteiger partial charge in [-0.1, -0.05) is 38.8 Å². The zero-order valence-electron chi connectivity index (χ0n) is 11.3. The normalized spacial score (nSPS) is 11.3. The standard InChI is InChI=1S/C15H21FO2/c1-4-9-15(10-5-2,12(3)17)13-7-6-8-14(11-13)18-16/h6-8,11H,4-5,9-10H2,1-3H3. The van der Waals surface area contributed by atoms with Crippen LogP contribution in [-0.4, -0.2) is 5.78 Å². The number of ketones is 1. The Bertz CT molecular complexity index is 395. The van der Waals surface area contributed by atoms with Crippen molar-refractivity contribution in [3.05, 3.63) is 29.8 Å². The van der Waals surface area contributed by atoms with Crippen LogP contribution in [0.4, 0.5) is 4.53 Å². The minimum atomic E-state index is -0.502. The Balaban J connectivity index is 3.25. The van der Waals surface area contributed by atoms with Gasteiger partial charge in [-0.3, -0.25) is 9.74 Å². The van der Waals surface area contributed by atoms with E-state index in [0.717, 1.165) is 31.2 Å². The van der Waals surface area contributed by atoms with Gasteiger partial charge in [-0.05, 0) is 37.5 Å². The highest BCUT2D eigenvalue weighted by Gasteiger charge is 2.35. The molecule has 0 atom stereocenters. The molecular formula is C15H21FO2. The van der Waals surface area contributed by atoms with E-state index in [9.17, 15) is 9.32 Å². The Morgan fingerprint density at radius 2 is 1.89 bits per heavy atom. The summed E-state index contributed by atoms with van der Waals surface area (Å²) in [5, 5.41) is 0. The van der Waals surface area contributed by atoms with Gasteiger partial charge < -0.3 is 0 Å². The van der Waals surface area contributed by atoms with Gasteiger partial charge in [0.05, 0.1) is 5.41 Å². The van der Waals surface area contributed by atoms with Gasteiger partial charge >= 0.3 is 0 Å². The fraction of sp³-hybridized carbons (Fsp3) is 0.533. The van der Waals surface area contributed by atoms with Gasteiger partial charge in [-0.2, -0.15) is 0 Å². The van der Waals surface area contributed by atoms with Crippen molar-refractivity contribution < 1.29 is 14.3 Å². The summed E-state index contributed by atoms with van der Waals surface area (Å²) >= 11 is 0. The van der Waals surface area contributed by atoms with Crippen LogP contribution in [0.5, 0.6) is 5.75 Å². The number of carbonyl (C=O) groups excluding carboxylic acids is 1. The minimum absolute atomic E-state index is 0.141. The lowest BCUT2D eigenvalue weighted by Gasteiger charge is -2.31. The highest BCUT2D eigenvalue weighted by Crippen LogP contribution is 2.36. The maximum Gasteiger partial charge on any atom is 0.172 e. The average molecular weight is 252 g/mol. The van der Waals surface area contributed by atoms with Crippen LogP contribution in [0, 0.1) is 0 Å². The molecule has 3 heteroatoms. The molecule has 0 bridgehead atoms. The number of carbonyl (C=O) groups is 1. The number of benzene rings is 1. The SMILES string of the molecule is CCCC(CCC)(C(C)=O)c1cccc(OF)c1. The zero-order chi connectivity index (χ0) is 13.6.